The van der Waals surface area contributed by atoms with Gasteiger partial charge in [-0.25, -0.2) is 13.6 Å². The highest BCUT2D eigenvalue weighted by atomic mass is 32.1. The van der Waals surface area contributed by atoms with Gasteiger partial charge in [-0.1, -0.05) is 6.07 Å². The van der Waals surface area contributed by atoms with E-state index in [0.29, 0.717) is 15.6 Å². The van der Waals surface area contributed by atoms with Gasteiger partial charge in [0.2, 0.25) is 0 Å². The van der Waals surface area contributed by atoms with Gasteiger partial charge in [0.05, 0.1) is 10.6 Å². The van der Waals surface area contributed by atoms with Crippen molar-refractivity contribution in [1.29, 1.82) is 0 Å². The molecule has 0 aliphatic carbocycles. The third kappa shape index (κ3) is 3.81. The number of nitro groups is 1. The molecule has 0 atom stereocenters. The van der Waals surface area contributed by atoms with E-state index in [4.69, 9.17) is 4.74 Å². The van der Waals surface area contributed by atoms with Crippen molar-refractivity contribution in [3.05, 3.63) is 68.6 Å². The van der Waals surface area contributed by atoms with Crippen LogP contribution in [-0.4, -0.2) is 23.4 Å². The largest absolute Gasteiger partial charge is 0.451 e. The Morgan fingerprint density at radius 3 is 2.64 bits per heavy atom. The van der Waals surface area contributed by atoms with Crippen molar-refractivity contribution >= 4 is 44.7 Å². The predicted molar refractivity (Wildman–Crippen MR) is 98.5 cm³/mol. The summed E-state index contributed by atoms with van der Waals surface area (Å²) < 4.78 is 33.1. The number of halogens is 2. The fourth-order valence-electron chi connectivity index (χ4n) is 2.55. The number of anilines is 1. The van der Waals surface area contributed by atoms with E-state index in [9.17, 15) is 28.5 Å². The minimum absolute atomic E-state index is 0.148. The minimum atomic E-state index is -0.877. The summed E-state index contributed by atoms with van der Waals surface area (Å²) in [6, 6.07) is 7.10. The first-order valence-corrected chi connectivity index (χ1v) is 8.68. The van der Waals surface area contributed by atoms with Crippen LogP contribution in [0.4, 0.5) is 20.2 Å². The van der Waals surface area contributed by atoms with Crippen LogP contribution in [0.5, 0.6) is 0 Å². The van der Waals surface area contributed by atoms with Crippen LogP contribution in [-0.2, 0) is 9.53 Å². The van der Waals surface area contributed by atoms with Crippen LogP contribution >= 0.6 is 11.3 Å². The van der Waals surface area contributed by atoms with E-state index in [1.165, 1.54) is 12.1 Å². The van der Waals surface area contributed by atoms with Gasteiger partial charge in [-0.05, 0) is 30.7 Å². The van der Waals surface area contributed by atoms with Crippen LogP contribution in [0.2, 0.25) is 0 Å². The fourth-order valence-corrected chi connectivity index (χ4v) is 3.67. The Kier molecular flexibility index (Phi) is 5.32. The van der Waals surface area contributed by atoms with E-state index in [2.05, 4.69) is 5.32 Å². The van der Waals surface area contributed by atoms with Crippen molar-refractivity contribution in [2.24, 2.45) is 0 Å². The number of aryl methyl sites for hydroxylation is 1. The lowest BCUT2D eigenvalue weighted by Gasteiger charge is -2.07. The van der Waals surface area contributed by atoms with Gasteiger partial charge in [0, 0.05) is 22.2 Å². The van der Waals surface area contributed by atoms with E-state index in [0.717, 1.165) is 29.5 Å². The van der Waals surface area contributed by atoms with Gasteiger partial charge in [-0.2, -0.15) is 0 Å². The van der Waals surface area contributed by atoms with Crippen LogP contribution < -0.4 is 5.32 Å². The first-order valence-electron chi connectivity index (χ1n) is 7.86. The maximum atomic E-state index is 13.9. The topological polar surface area (TPSA) is 98.5 Å². The lowest BCUT2D eigenvalue weighted by Crippen LogP contribution is -2.21. The molecule has 0 aliphatic heterocycles. The molecule has 1 N–H and O–H groups in total. The number of esters is 1. The molecule has 0 unspecified atom stereocenters. The molecule has 0 bridgehead atoms. The van der Waals surface area contributed by atoms with E-state index in [1.54, 1.807) is 13.0 Å². The van der Waals surface area contributed by atoms with Gasteiger partial charge in [-0.3, -0.25) is 14.9 Å². The van der Waals surface area contributed by atoms with Crippen LogP contribution in [0.25, 0.3) is 10.1 Å². The van der Waals surface area contributed by atoms with E-state index in [-0.39, 0.29) is 4.88 Å². The van der Waals surface area contributed by atoms with Gasteiger partial charge in [0.15, 0.2) is 6.61 Å². The Morgan fingerprint density at radius 2 is 1.96 bits per heavy atom. The number of amides is 1. The number of hydrogen-bond donors (Lipinski definition) is 1. The molecule has 2 aromatic carbocycles. The highest BCUT2D eigenvalue weighted by Gasteiger charge is 2.20. The number of carbonyl (C=O) groups is 2. The Bertz CT molecular complexity index is 1110. The molecule has 0 saturated heterocycles. The number of thiophene rings is 1. The number of non-ortho nitro benzene ring substituents is 1. The average Bonchev–Trinajstić information content (AvgIpc) is 2.99. The molecule has 0 radical (unpaired) electrons. The molecular weight excluding hydrogens is 394 g/mol. The monoisotopic (exact) mass is 406 g/mol. The van der Waals surface area contributed by atoms with Crippen molar-refractivity contribution in [2.75, 3.05) is 11.9 Å². The first-order chi connectivity index (χ1) is 13.3. The normalized spacial score (nSPS) is 10.7. The van der Waals surface area contributed by atoms with Gasteiger partial charge in [0.1, 0.15) is 16.5 Å². The smallest absolute Gasteiger partial charge is 0.349 e. The summed E-state index contributed by atoms with van der Waals surface area (Å²) in [5.41, 5.74) is -0.416. The molecule has 10 heteroatoms. The second-order valence-corrected chi connectivity index (χ2v) is 6.77. The zero-order chi connectivity index (χ0) is 20.4. The van der Waals surface area contributed by atoms with Gasteiger partial charge in [-0.15, -0.1) is 11.3 Å². The minimum Gasteiger partial charge on any atom is -0.451 e. The maximum absolute atomic E-state index is 13.9. The number of nitro benzene ring substituents is 1. The summed E-state index contributed by atoms with van der Waals surface area (Å²) in [6.07, 6.45) is 0. The molecule has 1 aromatic heterocycles. The highest BCUT2D eigenvalue weighted by Crippen LogP contribution is 2.33. The number of carbonyl (C=O) groups excluding carboxylic acids is 2. The zero-order valence-electron chi connectivity index (χ0n) is 14.3. The quantitative estimate of drug-likeness (QED) is 0.389. The van der Waals surface area contributed by atoms with Crippen molar-refractivity contribution in [2.45, 2.75) is 6.92 Å². The lowest BCUT2D eigenvalue weighted by molar-refractivity contribution is -0.384. The molecule has 1 heterocycles. The van der Waals surface area contributed by atoms with Crippen molar-refractivity contribution in [3.63, 3.8) is 0 Å². The number of rotatable bonds is 5. The lowest BCUT2D eigenvalue weighted by atomic mass is 10.1. The molecular formula is C18H12F2N2O5S. The molecule has 0 saturated carbocycles. The van der Waals surface area contributed by atoms with Crippen LogP contribution in [0.1, 0.15) is 15.2 Å². The van der Waals surface area contributed by atoms with E-state index in [1.807, 2.05) is 0 Å². The summed E-state index contributed by atoms with van der Waals surface area (Å²) >= 11 is 1.03. The van der Waals surface area contributed by atoms with Crippen LogP contribution in [0, 0.1) is 28.7 Å². The Morgan fingerprint density at radius 1 is 1.21 bits per heavy atom. The Balaban J connectivity index is 1.69. The molecule has 3 aromatic rings. The third-order valence-electron chi connectivity index (χ3n) is 3.86. The molecule has 144 valence electrons. The van der Waals surface area contributed by atoms with Crippen LogP contribution in [0.3, 0.4) is 0 Å². The van der Waals surface area contributed by atoms with Crippen molar-refractivity contribution < 1.29 is 28.0 Å². The SMILES string of the molecule is Cc1c(C(=O)OCC(=O)Nc2cc([N+](=O)[O-])ccc2F)sc2cccc(F)c12. The average molecular weight is 406 g/mol. The fraction of sp³-hybridized carbons (Fsp3) is 0.111. The standard InChI is InChI=1S/C18H12F2N2O5S/c1-9-16-12(20)3-2-4-14(16)28-17(9)18(24)27-8-15(23)21-13-7-10(22(25)26)5-6-11(13)19/h2-7H,8H2,1H3,(H,21,23). The van der Waals surface area contributed by atoms with E-state index >= 15 is 0 Å². The van der Waals surface area contributed by atoms with Gasteiger partial charge < -0.3 is 10.1 Å². The highest BCUT2D eigenvalue weighted by molar-refractivity contribution is 7.21. The van der Waals surface area contributed by atoms with Crippen molar-refractivity contribution in [1.82, 2.24) is 0 Å². The molecule has 0 fully saturated rings. The summed E-state index contributed by atoms with van der Waals surface area (Å²) in [7, 11) is 0. The number of nitrogens with zero attached hydrogens (tertiary/aromatic N) is 1. The van der Waals surface area contributed by atoms with Gasteiger partial charge >= 0.3 is 5.97 Å². The number of hydrogen-bond acceptors (Lipinski definition) is 6. The second kappa shape index (κ2) is 7.69. The summed E-state index contributed by atoms with van der Waals surface area (Å²) in [5.74, 6) is -3.05. The van der Waals surface area contributed by atoms with Crippen molar-refractivity contribution in [3.8, 4) is 0 Å². The number of nitrogens with one attached hydrogen (secondary N) is 1. The number of fused-ring (bicyclic) bond motifs is 1. The molecule has 3 rings (SSSR count). The third-order valence-corrected chi connectivity index (χ3v) is 5.09. The second-order valence-electron chi connectivity index (χ2n) is 5.71. The van der Waals surface area contributed by atoms with Gasteiger partial charge in [0.25, 0.3) is 11.6 Å². The summed E-state index contributed by atoms with van der Waals surface area (Å²) in [6.45, 7) is 0.828. The van der Waals surface area contributed by atoms with E-state index < -0.39 is 46.4 Å². The summed E-state index contributed by atoms with van der Waals surface area (Å²) in [4.78, 5) is 34.3. The number of benzene rings is 2. The molecule has 7 nitrogen and oxygen atoms in total. The predicted octanol–water partition coefficient (Wildman–Crippen LogP) is 4.19. The summed E-state index contributed by atoms with van der Waals surface area (Å²) in [5, 5.41) is 13.1. The maximum Gasteiger partial charge on any atom is 0.349 e. The van der Waals surface area contributed by atoms with Crippen LogP contribution in [0.15, 0.2) is 36.4 Å². The Labute approximate surface area is 160 Å². The molecule has 0 aliphatic rings. The Hall–Kier alpha value is -3.40. The first kappa shape index (κ1) is 19.4. The number of ether oxygens (including phenoxy) is 1. The molecule has 28 heavy (non-hydrogen) atoms. The molecule has 1 amide bonds. The molecule has 0 spiro atoms. The zero-order valence-corrected chi connectivity index (χ0v) is 15.1.